The van der Waals surface area contributed by atoms with E-state index in [1.807, 2.05) is 36.4 Å². The van der Waals surface area contributed by atoms with Crippen molar-refractivity contribution in [1.82, 2.24) is 4.48 Å². The fraction of sp³-hybridized carbons (Fsp3) is 0.368. The number of hydrogen-bond acceptors (Lipinski definition) is 3. The minimum atomic E-state index is 0. The zero-order chi connectivity index (χ0) is 16.3. The van der Waals surface area contributed by atoms with Crippen LogP contribution < -0.4 is 21.5 Å². The molecule has 5 heteroatoms. The predicted molar refractivity (Wildman–Crippen MR) is 94.8 cm³/mol. The zero-order valence-electron chi connectivity index (χ0n) is 14.2. The summed E-state index contributed by atoms with van der Waals surface area (Å²) in [6.45, 7) is 7.42. The van der Waals surface area contributed by atoms with Crippen LogP contribution in [-0.4, -0.2) is 24.7 Å². The number of benzene rings is 2. The second-order valence-corrected chi connectivity index (χ2v) is 6.07. The van der Waals surface area contributed by atoms with E-state index in [2.05, 4.69) is 24.1 Å². The van der Waals surface area contributed by atoms with Crippen molar-refractivity contribution < 1.29 is 22.1 Å². The summed E-state index contributed by atoms with van der Waals surface area (Å²) in [4.78, 5) is 0. The third kappa shape index (κ3) is 3.37. The minimum Gasteiger partial charge on any atom is -1.00 e. The molecule has 2 aromatic carbocycles. The van der Waals surface area contributed by atoms with Gasteiger partial charge in [0.15, 0.2) is 11.4 Å². The van der Waals surface area contributed by atoms with Crippen LogP contribution in [0.2, 0.25) is 0 Å². The number of hydrogen-bond donors (Lipinski definition) is 1. The number of nitrogens with zero attached hydrogens (tertiary/aromatic N) is 3. The largest absolute Gasteiger partial charge is 1.00 e. The minimum absolute atomic E-state index is 0. The molecule has 24 heavy (non-hydrogen) atoms. The van der Waals surface area contributed by atoms with Gasteiger partial charge in [-0.1, -0.05) is 18.2 Å². The van der Waals surface area contributed by atoms with Gasteiger partial charge in [0.25, 0.3) is 0 Å². The first-order valence-electron chi connectivity index (χ1n) is 8.38. The van der Waals surface area contributed by atoms with E-state index in [1.54, 1.807) is 6.07 Å². The van der Waals surface area contributed by atoms with E-state index in [0.29, 0.717) is 5.75 Å². The van der Waals surface area contributed by atoms with Crippen LogP contribution in [0, 0.1) is 0 Å². The number of rotatable bonds is 4. The summed E-state index contributed by atoms with van der Waals surface area (Å²) in [5.41, 5.74) is 3.92. The maximum Gasteiger partial charge on any atom is 0.180 e. The highest BCUT2D eigenvalue weighted by molar-refractivity contribution is 5.70. The topological polar surface area (TPSA) is 45.0 Å². The van der Waals surface area contributed by atoms with Crippen LogP contribution in [0.3, 0.4) is 0 Å². The molecule has 0 aliphatic carbocycles. The van der Waals surface area contributed by atoms with Crippen molar-refractivity contribution in [2.45, 2.75) is 26.7 Å². The number of halogens is 1. The lowest BCUT2D eigenvalue weighted by Gasteiger charge is -2.41. The second-order valence-electron chi connectivity index (χ2n) is 6.07. The molecule has 0 atom stereocenters. The van der Waals surface area contributed by atoms with Crippen molar-refractivity contribution in [3.63, 3.8) is 0 Å². The van der Waals surface area contributed by atoms with Crippen LogP contribution in [0.15, 0.2) is 52.7 Å². The van der Waals surface area contributed by atoms with Crippen molar-refractivity contribution in [3.05, 3.63) is 48.0 Å². The highest BCUT2D eigenvalue weighted by Gasteiger charge is 2.37. The standard InChI is InChI=1S/C19H23N3O.BrH/c1-3-22(4-2)14-8-11-16-17(12-13-18(23)19(16)22)21-20-15-9-6-5-7-10-15;/h5-7,9-10,12-13H,3-4,8,11,14H2,1-2H3;1H. The van der Waals surface area contributed by atoms with Crippen LogP contribution in [0.25, 0.3) is 0 Å². The maximum absolute atomic E-state index is 10.5. The Labute approximate surface area is 154 Å². The van der Waals surface area contributed by atoms with E-state index in [1.165, 1.54) is 0 Å². The van der Waals surface area contributed by atoms with Gasteiger partial charge in [0.1, 0.15) is 0 Å². The van der Waals surface area contributed by atoms with Crippen molar-refractivity contribution in [2.24, 2.45) is 10.2 Å². The van der Waals surface area contributed by atoms with Gasteiger partial charge in [0.2, 0.25) is 0 Å². The summed E-state index contributed by atoms with van der Waals surface area (Å²) >= 11 is 0. The van der Waals surface area contributed by atoms with Gasteiger partial charge in [0, 0.05) is 12.0 Å². The molecule has 1 N–H and O–H groups in total. The van der Waals surface area contributed by atoms with Gasteiger partial charge in [0.05, 0.1) is 31.0 Å². The monoisotopic (exact) mass is 389 g/mol. The fourth-order valence-electron chi connectivity index (χ4n) is 3.62. The zero-order valence-corrected chi connectivity index (χ0v) is 15.8. The van der Waals surface area contributed by atoms with Gasteiger partial charge in [-0.15, -0.1) is 0 Å². The lowest BCUT2D eigenvalue weighted by atomic mass is 9.96. The Kier molecular flexibility index (Phi) is 6.13. The first-order valence-corrected chi connectivity index (χ1v) is 8.38. The predicted octanol–water partition coefficient (Wildman–Crippen LogP) is 2.10. The number of phenols is 1. The molecule has 0 unspecified atom stereocenters. The lowest BCUT2D eigenvalue weighted by molar-refractivity contribution is -0.00000584. The average molecular weight is 390 g/mol. The van der Waals surface area contributed by atoms with Crippen LogP contribution in [0.1, 0.15) is 25.8 Å². The molecule has 0 fully saturated rings. The molecule has 0 aromatic heterocycles. The summed E-state index contributed by atoms with van der Waals surface area (Å²) < 4.78 is 0.829. The number of phenolic OH excluding ortho intramolecular Hbond substituents is 1. The molecule has 2 aromatic rings. The Balaban J connectivity index is 0.00000208. The normalized spacial score (nSPS) is 15.8. The molecule has 0 radical (unpaired) electrons. The van der Waals surface area contributed by atoms with E-state index in [0.717, 1.165) is 59.6 Å². The molecule has 128 valence electrons. The molecule has 0 spiro atoms. The molecule has 0 bridgehead atoms. The van der Waals surface area contributed by atoms with Gasteiger partial charge >= 0.3 is 0 Å². The van der Waals surface area contributed by atoms with Crippen molar-refractivity contribution in [3.8, 4) is 5.75 Å². The van der Waals surface area contributed by atoms with Gasteiger partial charge in [-0.3, -0.25) is 4.48 Å². The molecular weight excluding hydrogens is 366 g/mol. The van der Waals surface area contributed by atoms with Crippen molar-refractivity contribution >= 4 is 17.1 Å². The van der Waals surface area contributed by atoms with Gasteiger partial charge < -0.3 is 22.1 Å². The number of aromatic hydroxyl groups is 1. The molecular formula is C19H24BrN3O. The fourth-order valence-corrected chi connectivity index (χ4v) is 3.62. The lowest BCUT2D eigenvalue weighted by Crippen LogP contribution is -3.00. The van der Waals surface area contributed by atoms with Crippen LogP contribution in [0.5, 0.6) is 5.75 Å². The second kappa shape index (κ2) is 7.90. The summed E-state index contributed by atoms with van der Waals surface area (Å²) in [6.07, 6.45) is 2.07. The number of quaternary nitrogens is 1. The Morgan fingerprint density at radius 2 is 1.71 bits per heavy atom. The Hall–Kier alpha value is -1.72. The maximum atomic E-state index is 10.5. The first-order chi connectivity index (χ1) is 11.2. The Morgan fingerprint density at radius 3 is 2.38 bits per heavy atom. The molecule has 4 nitrogen and oxygen atoms in total. The van der Waals surface area contributed by atoms with Crippen molar-refractivity contribution in [1.29, 1.82) is 0 Å². The number of azo groups is 1. The average Bonchev–Trinajstić information content (AvgIpc) is 2.61. The van der Waals surface area contributed by atoms with E-state index in [9.17, 15) is 5.11 Å². The summed E-state index contributed by atoms with van der Waals surface area (Å²) in [6, 6.07) is 13.4. The van der Waals surface area contributed by atoms with Crippen molar-refractivity contribution in [2.75, 3.05) is 19.6 Å². The summed E-state index contributed by atoms with van der Waals surface area (Å²) in [7, 11) is 0. The molecule has 3 rings (SSSR count). The Morgan fingerprint density at radius 1 is 1.00 bits per heavy atom. The van der Waals surface area contributed by atoms with E-state index in [4.69, 9.17) is 0 Å². The van der Waals surface area contributed by atoms with E-state index < -0.39 is 0 Å². The molecule has 0 saturated carbocycles. The highest BCUT2D eigenvalue weighted by Crippen LogP contribution is 2.45. The number of fused-ring (bicyclic) bond motifs is 1. The van der Waals surface area contributed by atoms with Gasteiger partial charge in [-0.2, -0.15) is 10.2 Å². The summed E-state index contributed by atoms with van der Waals surface area (Å²) in [5, 5.41) is 19.3. The van der Waals surface area contributed by atoms with Gasteiger partial charge in [-0.05, 0) is 44.5 Å². The molecule has 1 aliphatic heterocycles. The third-order valence-corrected chi connectivity index (χ3v) is 4.96. The highest BCUT2D eigenvalue weighted by atomic mass is 79.9. The van der Waals surface area contributed by atoms with E-state index in [-0.39, 0.29) is 17.0 Å². The molecule has 0 amide bonds. The smallest absolute Gasteiger partial charge is 0.180 e. The molecule has 1 heterocycles. The summed E-state index contributed by atoms with van der Waals surface area (Å²) in [5.74, 6) is 0.391. The third-order valence-electron chi connectivity index (χ3n) is 4.96. The molecule has 1 aliphatic rings. The Bertz CT molecular complexity index is 712. The molecule has 0 saturated heterocycles. The first kappa shape index (κ1) is 18.6. The van der Waals surface area contributed by atoms with Crippen LogP contribution in [0.4, 0.5) is 17.1 Å². The van der Waals surface area contributed by atoms with Crippen LogP contribution >= 0.6 is 0 Å². The quantitative estimate of drug-likeness (QED) is 0.631. The van der Waals surface area contributed by atoms with Crippen LogP contribution in [-0.2, 0) is 6.42 Å². The van der Waals surface area contributed by atoms with E-state index >= 15 is 0 Å². The SMILES string of the molecule is CC[N+]1(CC)CCCc2c(N=Nc3ccccc3)ccc(O)c21.[Br-]. The van der Waals surface area contributed by atoms with Gasteiger partial charge in [-0.25, -0.2) is 0 Å².